The number of para-hydroxylation sites is 2. The number of aromatic amines is 1. The van der Waals surface area contributed by atoms with Gasteiger partial charge in [0.2, 0.25) is 0 Å². The lowest BCUT2D eigenvalue weighted by Crippen LogP contribution is -2.13. The Labute approximate surface area is 171 Å². The zero-order chi connectivity index (χ0) is 20.2. The Hall–Kier alpha value is -3.76. The number of hydrogen-bond donors (Lipinski definition) is 2. The van der Waals surface area contributed by atoms with Crippen LogP contribution in [0.3, 0.4) is 0 Å². The van der Waals surface area contributed by atoms with Crippen LogP contribution in [0.5, 0.6) is 0 Å². The summed E-state index contributed by atoms with van der Waals surface area (Å²) in [7, 11) is 0. The van der Waals surface area contributed by atoms with Crippen LogP contribution in [-0.4, -0.2) is 15.9 Å². The van der Waals surface area contributed by atoms with Gasteiger partial charge in [0.25, 0.3) is 5.91 Å². The van der Waals surface area contributed by atoms with E-state index in [0.717, 1.165) is 16.6 Å². The zero-order valence-electron chi connectivity index (χ0n) is 15.5. The molecule has 0 saturated carbocycles. The van der Waals surface area contributed by atoms with Crippen LogP contribution in [0.15, 0.2) is 80.9 Å². The largest absolute Gasteiger partial charge is 0.450 e. The van der Waals surface area contributed by atoms with E-state index in [1.165, 1.54) is 17.8 Å². The van der Waals surface area contributed by atoms with Gasteiger partial charge in [0.05, 0.1) is 11.0 Å². The van der Waals surface area contributed by atoms with Gasteiger partial charge in [-0.1, -0.05) is 29.8 Å². The minimum Gasteiger partial charge on any atom is -0.450 e. The maximum atomic E-state index is 12.4. The molecule has 0 atom stereocenters. The number of amides is 1. The fourth-order valence-corrected chi connectivity index (χ4v) is 3.44. The van der Waals surface area contributed by atoms with Crippen molar-refractivity contribution in [3.8, 4) is 6.07 Å². The second-order valence-corrected chi connectivity index (χ2v) is 7.30. The van der Waals surface area contributed by atoms with Gasteiger partial charge in [0.15, 0.2) is 10.2 Å². The Morgan fingerprint density at radius 1 is 1.17 bits per heavy atom. The molecule has 7 heteroatoms. The van der Waals surface area contributed by atoms with Crippen molar-refractivity contribution in [3.05, 3.63) is 77.6 Å². The van der Waals surface area contributed by atoms with E-state index in [1.807, 2.05) is 49.4 Å². The summed E-state index contributed by atoms with van der Waals surface area (Å²) in [6.07, 6.45) is 1.42. The summed E-state index contributed by atoms with van der Waals surface area (Å²) in [6.45, 7) is 1.96. The number of imidazole rings is 1. The van der Waals surface area contributed by atoms with E-state index >= 15 is 0 Å². The number of nitrogens with one attached hydrogen (secondary N) is 2. The molecular weight excluding hydrogens is 384 g/mol. The van der Waals surface area contributed by atoms with Crippen molar-refractivity contribution >= 4 is 40.5 Å². The number of aromatic nitrogens is 2. The van der Waals surface area contributed by atoms with Crippen molar-refractivity contribution < 1.29 is 9.21 Å². The number of nitriles is 1. The summed E-state index contributed by atoms with van der Waals surface area (Å²) in [5.74, 6) is -0.0709. The number of rotatable bonds is 5. The maximum absolute atomic E-state index is 12.4. The smallest absolute Gasteiger partial charge is 0.266 e. The first-order chi connectivity index (χ1) is 14.1. The first-order valence-electron chi connectivity index (χ1n) is 8.83. The van der Waals surface area contributed by atoms with Crippen LogP contribution in [0, 0.1) is 18.3 Å². The third-order valence-corrected chi connectivity index (χ3v) is 4.94. The number of H-pyrrole nitrogens is 1. The summed E-state index contributed by atoms with van der Waals surface area (Å²) in [5.41, 5.74) is 3.49. The highest BCUT2D eigenvalue weighted by atomic mass is 32.2. The van der Waals surface area contributed by atoms with E-state index < -0.39 is 5.91 Å². The zero-order valence-corrected chi connectivity index (χ0v) is 16.3. The standard InChI is InChI=1S/C22H16N4O2S/c1-14-6-8-16(9-7-14)24-21(27)15(13-23)12-17-10-11-20(28-17)29-22-25-18-4-2-3-5-19(18)26-22/h2-12H,1H3,(H,24,27)(H,25,26)/b15-12-. The highest BCUT2D eigenvalue weighted by Crippen LogP contribution is 2.29. The molecule has 0 bridgehead atoms. The fraction of sp³-hybridized carbons (Fsp3) is 0.0455. The predicted molar refractivity (Wildman–Crippen MR) is 112 cm³/mol. The van der Waals surface area contributed by atoms with Gasteiger partial charge in [-0.3, -0.25) is 4.79 Å². The second-order valence-electron chi connectivity index (χ2n) is 6.31. The van der Waals surface area contributed by atoms with Crippen LogP contribution >= 0.6 is 11.8 Å². The molecule has 4 aromatic rings. The molecule has 1 amide bonds. The van der Waals surface area contributed by atoms with Crippen LogP contribution in [0.1, 0.15) is 11.3 Å². The predicted octanol–water partition coefficient (Wildman–Crippen LogP) is 5.16. The van der Waals surface area contributed by atoms with Crippen molar-refractivity contribution in [2.45, 2.75) is 17.2 Å². The highest BCUT2D eigenvalue weighted by Gasteiger charge is 2.12. The minimum absolute atomic E-state index is 0.0415. The summed E-state index contributed by atoms with van der Waals surface area (Å²) < 4.78 is 5.73. The molecule has 0 fully saturated rings. The number of hydrogen-bond acceptors (Lipinski definition) is 5. The molecule has 0 aliphatic heterocycles. The van der Waals surface area contributed by atoms with Crippen LogP contribution in [-0.2, 0) is 4.79 Å². The highest BCUT2D eigenvalue weighted by molar-refractivity contribution is 7.99. The Balaban J connectivity index is 1.48. The van der Waals surface area contributed by atoms with E-state index in [0.29, 0.717) is 21.7 Å². The Morgan fingerprint density at radius 3 is 2.72 bits per heavy atom. The van der Waals surface area contributed by atoms with Crippen molar-refractivity contribution in [2.24, 2.45) is 0 Å². The molecule has 0 saturated heterocycles. The van der Waals surface area contributed by atoms with E-state index in [9.17, 15) is 10.1 Å². The number of nitrogens with zero attached hydrogens (tertiary/aromatic N) is 2. The maximum Gasteiger partial charge on any atom is 0.266 e. The Kier molecular flexibility index (Phi) is 5.18. The first kappa shape index (κ1) is 18.6. The molecule has 6 nitrogen and oxygen atoms in total. The molecule has 2 aromatic carbocycles. The van der Waals surface area contributed by atoms with Gasteiger partial charge in [0.1, 0.15) is 17.4 Å². The summed E-state index contributed by atoms with van der Waals surface area (Å²) in [5, 5.41) is 13.4. The average Bonchev–Trinajstić information content (AvgIpc) is 3.34. The Bertz CT molecular complexity index is 1210. The normalized spacial score (nSPS) is 11.4. The third kappa shape index (κ3) is 4.39. The minimum atomic E-state index is -0.487. The molecule has 2 N–H and O–H groups in total. The molecule has 0 aliphatic carbocycles. The molecule has 142 valence electrons. The molecule has 29 heavy (non-hydrogen) atoms. The molecule has 2 heterocycles. The molecular formula is C22H16N4O2S. The number of carbonyl (C=O) groups excluding carboxylic acids is 1. The molecule has 0 aliphatic rings. The molecule has 4 rings (SSSR count). The molecule has 0 unspecified atom stereocenters. The lowest BCUT2D eigenvalue weighted by Gasteiger charge is -2.04. The summed E-state index contributed by atoms with van der Waals surface area (Å²) >= 11 is 1.34. The number of benzene rings is 2. The number of fused-ring (bicyclic) bond motifs is 1. The van der Waals surface area contributed by atoms with E-state index in [1.54, 1.807) is 24.3 Å². The quantitative estimate of drug-likeness (QED) is 0.356. The van der Waals surface area contributed by atoms with Crippen molar-refractivity contribution in [2.75, 3.05) is 5.32 Å². The number of anilines is 1. The summed E-state index contributed by atoms with van der Waals surface area (Å²) in [6, 6.07) is 20.5. The van der Waals surface area contributed by atoms with E-state index in [2.05, 4.69) is 15.3 Å². The van der Waals surface area contributed by atoms with Crippen molar-refractivity contribution in [1.82, 2.24) is 9.97 Å². The van der Waals surface area contributed by atoms with Crippen molar-refractivity contribution in [3.63, 3.8) is 0 Å². The number of aryl methyl sites for hydroxylation is 1. The third-order valence-electron chi connectivity index (χ3n) is 4.13. The summed E-state index contributed by atoms with van der Waals surface area (Å²) in [4.78, 5) is 20.1. The lowest BCUT2D eigenvalue weighted by atomic mass is 10.2. The van der Waals surface area contributed by atoms with E-state index in [-0.39, 0.29) is 5.57 Å². The molecule has 2 aromatic heterocycles. The molecule has 0 radical (unpaired) electrons. The van der Waals surface area contributed by atoms with Crippen molar-refractivity contribution in [1.29, 1.82) is 5.26 Å². The number of furan rings is 1. The first-order valence-corrected chi connectivity index (χ1v) is 9.64. The van der Waals surface area contributed by atoms with Gasteiger partial charge in [-0.25, -0.2) is 4.98 Å². The van der Waals surface area contributed by atoms with Gasteiger partial charge >= 0.3 is 0 Å². The van der Waals surface area contributed by atoms with Gasteiger partial charge in [-0.2, -0.15) is 5.26 Å². The Morgan fingerprint density at radius 2 is 1.97 bits per heavy atom. The van der Waals surface area contributed by atoms with Crippen LogP contribution in [0.2, 0.25) is 0 Å². The van der Waals surface area contributed by atoms with Crippen LogP contribution < -0.4 is 5.32 Å². The monoisotopic (exact) mass is 400 g/mol. The molecule has 0 spiro atoms. The van der Waals surface area contributed by atoms with Gasteiger partial charge in [0, 0.05) is 11.8 Å². The average molecular weight is 400 g/mol. The lowest BCUT2D eigenvalue weighted by molar-refractivity contribution is -0.112. The van der Waals surface area contributed by atoms with Gasteiger partial charge in [-0.15, -0.1) is 0 Å². The van der Waals surface area contributed by atoms with Crippen LogP contribution in [0.4, 0.5) is 5.69 Å². The topological polar surface area (TPSA) is 94.7 Å². The fourth-order valence-electron chi connectivity index (χ4n) is 2.67. The van der Waals surface area contributed by atoms with Gasteiger partial charge < -0.3 is 14.7 Å². The van der Waals surface area contributed by atoms with E-state index in [4.69, 9.17) is 4.42 Å². The van der Waals surface area contributed by atoms with Gasteiger partial charge in [-0.05, 0) is 55.1 Å². The number of carbonyl (C=O) groups is 1. The SMILES string of the molecule is Cc1ccc(NC(=O)/C(C#N)=C\c2ccc(Sc3nc4ccccc4[nH]3)o2)cc1. The van der Waals surface area contributed by atoms with Crippen LogP contribution in [0.25, 0.3) is 17.1 Å². The second kappa shape index (κ2) is 8.09.